The van der Waals surface area contributed by atoms with E-state index in [0.717, 1.165) is 5.56 Å². The smallest absolute Gasteiger partial charge is 0.166 e. The normalized spacial score (nSPS) is 10.8. The highest BCUT2D eigenvalue weighted by Crippen LogP contribution is 2.47. The van der Waals surface area contributed by atoms with Crippen LogP contribution in [0.4, 0.5) is 5.82 Å². The Morgan fingerprint density at radius 2 is 2.00 bits per heavy atom. The molecule has 0 fully saturated rings. The summed E-state index contributed by atoms with van der Waals surface area (Å²) in [4.78, 5) is 0. The van der Waals surface area contributed by atoms with Crippen molar-refractivity contribution in [1.82, 2.24) is 9.78 Å². The summed E-state index contributed by atoms with van der Waals surface area (Å²) >= 11 is 6.29. The molecule has 3 N–H and O–H groups in total. The number of halogens is 1. The van der Waals surface area contributed by atoms with Crippen molar-refractivity contribution < 1.29 is 9.84 Å². The number of phenols is 1. The van der Waals surface area contributed by atoms with Gasteiger partial charge in [-0.1, -0.05) is 11.6 Å². The molecule has 0 bridgehead atoms. The highest BCUT2D eigenvalue weighted by atomic mass is 35.5. The van der Waals surface area contributed by atoms with Crippen LogP contribution in [-0.2, 0) is 7.05 Å². The standard InChI is InChI=1S/C13H16ClN3O2/c1-6-9(8-5-16-17(3)13(8)15)11(18)12(19-4)7(2)10(6)14/h5,18H,15H2,1-4H3. The van der Waals surface area contributed by atoms with Crippen molar-refractivity contribution in [2.75, 3.05) is 12.8 Å². The van der Waals surface area contributed by atoms with Gasteiger partial charge < -0.3 is 15.6 Å². The predicted molar refractivity (Wildman–Crippen MR) is 75.8 cm³/mol. The van der Waals surface area contributed by atoms with E-state index < -0.39 is 0 Å². The summed E-state index contributed by atoms with van der Waals surface area (Å²) in [7, 11) is 3.22. The number of ether oxygens (including phenoxy) is 1. The monoisotopic (exact) mass is 281 g/mol. The van der Waals surface area contributed by atoms with E-state index in [1.165, 1.54) is 11.8 Å². The Kier molecular flexibility index (Phi) is 3.32. The van der Waals surface area contributed by atoms with Gasteiger partial charge in [-0.15, -0.1) is 0 Å². The Bertz CT molecular complexity index is 650. The van der Waals surface area contributed by atoms with Crippen LogP contribution < -0.4 is 10.5 Å². The number of aromatic hydroxyl groups is 1. The number of anilines is 1. The Morgan fingerprint density at radius 1 is 1.37 bits per heavy atom. The maximum atomic E-state index is 10.4. The van der Waals surface area contributed by atoms with Crippen molar-refractivity contribution in [2.45, 2.75) is 13.8 Å². The lowest BCUT2D eigenvalue weighted by Gasteiger charge is -2.16. The minimum atomic E-state index is 0.0293. The van der Waals surface area contributed by atoms with Gasteiger partial charge in [0.05, 0.1) is 18.3 Å². The van der Waals surface area contributed by atoms with Gasteiger partial charge in [-0.3, -0.25) is 4.68 Å². The third-order valence-corrected chi connectivity index (χ3v) is 3.85. The van der Waals surface area contributed by atoms with E-state index in [9.17, 15) is 5.11 Å². The third-order valence-electron chi connectivity index (χ3n) is 3.28. The lowest BCUT2D eigenvalue weighted by molar-refractivity contribution is 0.371. The molecule has 2 aromatic rings. The van der Waals surface area contributed by atoms with Crippen molar-refractivity contribution in [3.05, 3.63) is 22.3 Å². The summed E-state index contributed by atoms with van der Waals surface area (Å²) in [5.41, 5.74) is 8.59. The van der Waals surface area contributed by atoms with Crippen molar-refractivity contribution in [3.63, 3.8) is 0 Å². The van der Waals surface area contributed by atoms with E-state index in [4.69, 9.17) is 22.1 Å². The molecule has 0 amide bonds. The molecule has 1 aromatic carbocycles. The molecule has 0 saturated carbocycles. The summed E-state index contributed by atoms with van der Waals surface area (Å²) in [6.45, 7) is 3.63. The Balaban J connectivity index is 2.84. The molecule has 102 valence electrons. The molecule has 0 saturated heterocycles. The number of nitrogen functional groups attached to an aromatic ring is 1. The van der Waals surface area contributed by atoms with Gasteiger partial charge in [0.15, 0.2) is 11.5 Å². The largest absolute Gasteiger partial charge is 0.504 e. The van der Waals surface area contributed by atoms with Crippen LogP contribution in [0.3, 0.4) is 0 Å². The first-order valence-corrected chi connectivity index (χ1v) is 6.11. The van der Waals surface area contributed by atoms with Gasteiger partial charge in [-0.25, -0.2) is 0 Å². The molecule has 5 nitrogen and oxygen atoms in total. The number of aromatic nitrogens is 2. The lowest BCUT2D eigenvalue weighted by atomic mass is 9.98. The highest BCUT2D eigenvalue weighted by Gasteiger charge is 2.22. The number of phenolic OH excluding ortho intramolecular Hbond substituents is 1. The van der Waals surface area contributed by atoms with E-state index in [1.54, 1.807) is 20.2 Å². The Labute approximate surface area is 116 Å². The van der Waals surface area contributed by atoms with Crippen molar-refractivity contribution in [1.29, 1.82) is 0 Å². The lowest BCUT2D eigenvalue weighted by Crippen LogP contribution is -2.00. The van der Waals surface area contributed by atoms with Crippen LogP contribution in [-0.4, -0.2) is 22.0 Å². The number of nitrogens with two attached hydrogens (primary N) is 1. The topological polar surface area (TPSA) is 73.3 Å². The van der Waals surface area contributed by atoms with Crippen molar-refractivity contribution >= 4 is 17.4 Å². The molecule has 6 heteroatoms. The van der Waals surface area contributed by atoms with Crippen LogP contribution in [0.1, 0.15) is 11.1 Å². The van der Waals surface area contributed by atoms with Crippen LogP contribution in [0.5, 0.6) is 11.5 Å². The molecule has 0 radical (unpaired) electrons. The van der Waals surface area contributed by atoms with Gasteiger partial charge in [0, 0.05) is 23.7 Å². The van der Waals surface area contributed by atoms with E-state index in [-0.39, 0.29) is 5.75 Å². The number of hydrogen-bond donors (Lipinski definition) is 2. The zero-order chi connectivity index (χ0) is 14.3. The van der Waals surface area contributed by atoms with E-state index >= 15 is 0 Å². The molecule has 0 atom stereocenters. The molecule has 19 heavy (non-hydrogen) atoms. The molecule has 2 rings (SSSR count). The van der Waals surface area contributed by atoms with Crippen molar-refractivity contribution in [3.8, 4) is 22.6 Å². The zero-order valence-electron chi connectivity index (χ0n) is 11.3. The maximum absolute atomic E-state index is 10.4. The molecule has 0 unspecified atom stereocenters. The molecule has 0 spiro atoms. The summed E-state index contributed by atoms with van der Waals surface area (Å²) in [5.74, 6) is 0.843. The minimum Gasteiger partial charge on any atom is -0.504 e. The quantitative estimate of drug-likeness (QED) is 0.887. The van der Waals surface area contributed by atoms with Crippen molar-refractivity contribution in [2.24, 2.45) is 7.05 Å². The second-order valence-corrected chi connectivity index (χ2v) is 4.77. The first-order chi connectivity index (χ1) is 8.90. The zero-order valence-corrected chi connectivity index (χ0v) is 12.0. The first-order valence-electron chi connectivity index (χ1n) is 5.73. The molecular weight excluding hydrogens is 266 g/mol. The van der Waals surface area contributed by atoms with Gasteiger partial charge in [0.1, 0.15) is 5.82 Å². The SMILES string of the molecule is COc1c(C)c(Cl)c(C)c(-c2cnn(C)c2N)c1O. The van der Waals surface area contributed by atoms with Crippen LogP contribution >= 0.6 is 11.6 Å². The molecule has 1 heterocycles. The second kappa shape index (κ2) is 4.66. The number of benzene rings is 1. The molecule has 0 aliphatic rings. The average Bonchev–Trinajstić information content (AvgIpc) is 2.69. The van der Waals surface area contributed by atoms with Gasteiger partial charge in [-0.05, 0) is 19.4 Å². The number of hydrogen-bond acceptors (Lipinski definition) is 4. The number of rotatable bonds is 2. The van der Waals surface area contributed by atoms with Crippen LogP contribution in [0.15, 0.2) is 6.20 Å². The summed E-state index contributed by atoms with van der Waals surface area (Å²) in [5, 5.41) is 15.0. The minimum absolute atomic E-state index is 0.0293. The third kappa shape index (κ3) is 1.90. The molecule has 0 aliphatic carbocycles. The van der Waals surface area contributed by atoms with Gasteiger partial charge in [0.2, 0.25) is 0 Å². The average molecular weight is 282 g/mol. The molecule has 0 aliphatic heterocycles. The molecular formula is C13H16ClN3O2. The van der Waals surface area contributed by atoms with Crippen LogP contribution in [0, 0.1) is 13.8 Å². The fraction of sp³-hybridized carbons (Fsp3) is 0.308. The summed E-state index contributed by atoms with van der Waals surface area (Å²) in [6.07, 6.45) is 1.60. The van der Waals surface area contributed by atoms with E-state index in [0.29, 0.717) is 33.3 Å². The fourth-order valence-electron chi connectivity index (χ4n) is 2.18. The van der Waals surface area contributed by atoms with E-state index in [1.807, 2.05) is 6.92 Å². The van der Waals surface area contributed by atoms with Gasteiger partial charge in [0.25, 0.3) is 0 Å². The number of methoxy groups -OCH3 is 1. The Hall–Kier alpha value is -1.88. The van der Waals surface area contributed by atoms with Gasteiger partial charge >= 0.3 is 0 Å². The van der Waals surface area contributed by atoms with Crippen LogP contribution in [0.2, 0.25) is 5.02 Å². The first kappa shape index (κ1) is 13.5. The molecule has 1 aromatic heterocycles. The maximum Gasteiger partial charge on any atom is 0.166 e. The number of nitrogens with zero attached hydrogens (tertiary/aromatic N) is 2. The number of aryl methyl sites for hydroxylation is 1. The summed E-state index contributed by atoms with van der Waals surface area (Å²) < 4.78 is 6.75. The Morgan fingerprint density at radius 3 is 2.47 bits per heavy atom. The summed E-state index contributed by atoms with van der Waals surface area (Å²) in [6, 6.07) is 0. The van der Waals surface area contributed by atoms with Crippen LogP contribution in [0.25, 0.3) is 11.1 Å². The second-order valence-electron chi connectivity index (χ2n) is 4.39. The highest BCUT2D eigenvalue weighted by molar-refractivity contribution is 6.33. The predicted octanol–water partition coefficient (Wildman–Crippen LogP) is 2.65. The van der Waals surface area contributed by atoms with E-state index in [2.05, 4.69) is 5.10 Å². The van der Waals surface area contributed by atoms with Gasteiger partial charge in [-0.2, -0.15) is 5.10 Å². The fourth-order valence-corrected chi connectivity index (χ4v) is 2.36.